The van der Waals surface area contributed by atoms with Crippen molar-refractivity contribution in [3.63, 3.8) is 0 Å². The third-order valence-corrected chi connectivity index (χ3v) is 4.40. The summed E-state index contributed by atoms with van der Waals surface area (Å²) in [6.07, 6.45) is 4.10. The van der Waals surface area contributed by atoms with Gasteiger partial charge < -0.3 is 14.5 Å². The predicted octanol–water partition coefficient (Wildman–Crippen LogP) is 1.33. The lowest BCUT2D eigenvalue weighted by Crippen LogP contribution is -2.36. The van der Waals surface area contributed by atoms with E-state index in [2.05, 4.69) is 22.0 Å². The molecule has 2 aliphatic heterocycles. The van der Waals surface area contributed by atoms with E-state index in [1.807, 2.05) is 11.1 Å². The minimum atomic E-state index is 0.193. The zero-order chi connectivity index (χ0) is 14.7. The topological polar surface area (TPSA) is 45.7 Å². The van der Waals surface area contributed by atoms with E-state index < -0.39 is 0 Å². The molecule has 0 N–H and O–H groups in total. The highest BCUT2D eigenvalue weighted by molar-refractivity contribution is 5.73. The van der Waals surface area contributed by atoms with Gasteiger partial charge in [0.2, 0.25) is 5.91 Å². The van der Waals surface area contributed by atoms with E-state index in [4.69, 9.17) is 4.74 Å². The van der Waals surface area contributed by atoms with Crippen LogP contribution in [0.1, 0.15) is 18.9 Å². The number of hydrogen-bond acceptors (Lipinski definition) is 4. The molecular formula is C16H23N3O2. The van der Waals surface area contributed by atoms with Gasteiger partial charge in [-0.15, -0.1) is 0 Å². The lowest BCUT2D eigenvalue weighted by Gasteiger charge is -2.27. The van der Waals surface area contributed by atoms with Gasteiger partial charge in [0, 0.05) is 39.3 Å². The van der Waals surface area contributed by atoms with E-state index in [0.29, 0.717) is 5.92 Å². The van der Waals surface area contributed by atoms with Crippen LogP contribution in [0.4, 0.5) is 5.82 Å². The largest absolute Gasteiger partial charge is 0.378 e. The van der Waals surface area contributed by atoms with Crippen molar-refractivity contribution in [2.45, 2.75) is 19.8 Å². The Morgan fingerprint density at radius 3 is 2.76 bits per heavy atom. The maximum absolute atomic E-state index is 11.4. The molecule has 1 atom stereocenters. The number of amides is 1. The summed E-state index contributed by atoms with van der Waals surface area (Å²) >= 11 is 0. The highest BCUT2D eigenvalue weighted by Crippen LogP contribution is 2.21. The Morgan fingerprint density at radius 2 is 2.14 bits per heavy atom. The van der Waals surface area contributed by atoms with Crippen LogP contribution in [-0.4, -0.2) is 55.2 Å². The lowest BCUT2D eigenvalue weighted by molar-refractivity contribution is -0.127. The molecule has 0 spiro atoms. The molecular weight excluding hydrogens is 266 g/mol. The smallest absolute Gasteiger partial charge is 0.219 e. The van der Waals surface area contributed by atoms with Gasteiger partial charge in [-0.1, -0.05) is 6.07 Å². The van der Waals surface area contributed by atoms with Crippen LogP contribution in [0.3, 0.4) is 0 Å². The first-order chi connectivity index (χ1) is 10.2. The standard InChI is InChI=1S/C16H23N3O2/c1-13(20)19-5-4-15(12-19)10-14-2-3-16(17-11-14)18-6-8-21-9-7-18/h2-3,11,15H,4-10,12H2,1H3. The summed E-state index contributed by atoms with van der Waals surface area (Å²) in [5, 5.41) is 0. The normalized spacial score (nSPS) is 22.6. The molecule has 3 rings (SSSR count). The third-order valence-electron chi connectivity index (χ3n) is 4.40. The number of likely N-dealkylation sites (tertiary alicyclic amines) is 1. The molecule has 0 aromatic carbocycles. The molecule has 21 heavy (non-hydrogen) atoms. The molecule has 1 aromatic rings. The SMILES string of the molecule is CC(=O)N1CCC(Cc2ccc(N3CCOCC3)nc2)C1. The van der Waals surface area contributed by atoms with Crippen molar-refractivity contribution >= 4 is 11.7 Å². The van der Waals surface area contributed by atoms with Crippen LogP contribution in [0.25, 0.3) is 0 Å². The molecule has 3 heterocycles. The molecule has 0 saturated carbocycles. The fraction of sp³-hybridized carbons (Fsp3) is 0.625. The quantitative estimate of drug-likeness (QED) is 0.842. The number of anilines is 1. The minimum absolute atomic E-state index is 0.193. The molecule has 114 valence electrons. The van der Waals surface area contributed by atoms with Crippen molar-refractivity contribution in [3.8, 4) is 0 Å². The second-order valence-corrected chi connectivity index (χ2v) is 5.95. The van der Waals surface area contributed by atoms with Crippen molar-refractivity contribution in [1.82, 2.24) is 9.88 Å². The highest BCUT2D eigenvalue weighted by atomic mass is 16.5. The number of nitrogens with zero attached hydrogens (tertiary/aromatic N) is 3. The molecule has 5 nitrogen and oxygen atoms in total. The van der Waals surface area contributed by atoms with Crippen LogP contribution in [0, 0.1) is 5.92 Å². The van der Waals surface area contributed by atoms with Gasteiger partial charge >= 0.3 is 0 Å². The predicted molar refractivity (Wildman–Crippen MR) is 81.3 cm³/mol. The average molecular weight is 289 g/mol. The van der Waals surface area contributed by atoms with E-state index >= 15 is 0 Å². The Labute approximate surface area is 125 Å². The maximum atomic E-state index is 11.4. The highest BCUT2D eigenvalue weighted by Gasteiger charge is 2.24. The van der Waals surface area contributed by atoms with Crippen LogP contribution in [0.5, 0.6) is 0 Å². The summed E-state index contributed by atoms with van der Waals surface area (Å²) in [6.45, 7) is 6.85. The second kappa shape index (κ2) is 6.43. The van der Waals surface area contributed by atoms with Gasteiger partial charge in [-0.2, -0.15) is 0 Å². The second-order valence-electron chi connectivity index (χ2n) is 5.95. The molecule has 2 saturated heterocycles. The van der Waals surface area contributed by atoms with Crippen molar-refractivity contribution in [3.05, 3.63) is 23.9 Å². The van der Waals surface area contributed by atoms with Crippen LogP contribution in [-0.2, 0) is 16.0 Å². The molecule has 1 amide bonds. The summed E-state index contributed by atoms with van der Waals surface area (Å²) in [5.41, 5.74) is 1.27. The van der Waals surface area contributed by atoms with Crippen LogP contribution < -0.4 is 4.90 Å². The molecule has 2 aliphatic rings. The first-order valence-corrected chi connectivity index (χ1v) is 7.75. The monoisotopic (exact) mass is 289 g/mol. The number of hydrogen-bond donors (Lipinski definition) is 0. The fourth-order valence-corrected chi connectivity index (χ4v) is 3.14. The summed E-state index contributed by atoms with van der Waals surface area (Å²) in [6, 6.07) is 4.28. The zero-order valence-electron chi connectivity index (χ0n) is 12.6. The first-order valence-electron chi connectivity index (χ1n) is 7.75. The number of morpholine rings is 1. The summed E-state index contributed by atoms with van der Waals surface area (Å²) in [4.78, 5) is 20.2. The van der Waals surface area contributed by atoms with Crippen molar-refractivity contribution in [1.29, 1.82) is 0 Å². The van der Waals surface area contributed by atoms with Gasteiger partial charge in [0.25, 0.3) is 0 Å². The number of ether oxygens (including phenoxy) is 1. The number of rotatable bonds is 3. The van der Waals surface area contributed by atoms with Crippen LogP contribution in [0.15, 0.2) is 18.3 Å². The van der Waals surface area contributed by atoms with Crippen molar-refractivity contribution in [2.75, 3.05) is 44.3 Å². The number of aromatic nitrogens is 1. The van der Waals surface area contributed by atoms with Crippen LogP contribution in [0.2, 0.25) is 0 Å². The lowest BCUT2D eigenvalue weighted by atomic mass is 10.00. The Kier molecular flexibility index (Phi) is 4.39. The van der Waals surface area contributed by atoms with Gasteiger partial charge in [-0.3, -0.25) is 4.79 Å². The van der Waals surface area contributed by atoms with Gasteiger partial charge in [0.05, 0.1) is 13.2 Å². The Balaban J connectivity index is 1.56. The molecule has 0 radical (unpaired) electrons. The van der Waals surface area contributed by atoms with E-state index in [1.165, 1.54) is 5.56 Å². The van der Waals surface area contributed by atoms with Gasteiger partial charge in [-0.25, -0.2) is 4.98 Å². The van der Waals surface area contributed by atoms with Gasteiger partial charge in [-0.05, 0) is 30.4 Å². The minimum Gasteiger partial charge on any atom is -0.378 e. The fourth-order valence-electron chi connectivity index (χ4n) is 3.14. The molecule has 5 heteroatoms. The molecule has 0 bridgehead atoms. The van der Waals surface area contributed by atoms with Gasteiger partial charge in [0.1, 0.15) is 5.82 Å². The number of carbonyl (C=O) groups is 1. The van der Waals surface area contributed by atoms with E-state index in [9.17, 15) is 4.79 Å². The summed E-state index contributed by atoms with van der Waals surface area (Å²) in [5.74, 6) is 1.81. The average Bonchev–Trinajstić information content (AvgIpc) is 2.98. The Bertz CT molecular complexity index is 483. The summed E-state index contributed by atoms with van der Waals surface area (Å²) < 4.78 is 5.36. The maximum Gasteiger partial charge on any atom is 0.219 e. The summed E-state index contributed by atoms with van der Waals surface area (Å²) in [7, 11) is 0. The van der Waals surface area contributed by atoms with Gasteiger partial charge in [0.15, 0.2) is 0 Å². The van der Waals surface area contributed by atoms with E-state index in [1.54, 1.807) is 6.92 Å². The van der Waals surface area contributed by atoms with E-state index in [0.717, 1.165) is 58.1 Å². The van der Waals surface area contributed by atoms with E-state index in [-0.39, 0.29) is 5.91 Å². The number of pyridine rings is 1. The number of carbonyl (C=O) groups excluding carboxylic acids is 1. The molecule has 2 fully saturated rings. The third kappa shape index (κ3) is 3.53. The zero-order valence-corrected chi connectivity index (χ0v) is 12.6. The van der Waals surface area contributed by atoms with Crippen molar-refractivity contribution in [2.24, 2.45) is 5.92 Å². The van der Waals surface area contributed by atoms with Crippen LogP contribution >= 0.6 is 0 Å². The molecule has 1 unspecified atom stereocenters. The Hall–Kier alpha value is -1.62. The van der Waals surface area contributed by atoms with Crippen molar-refractivity contribution < 1.29 is 9.53 Å². The molecule has 0 aliphatic carbocycles. The Morgan fingerprint density at radius 1 is 1.33 bits per heavy atom. The first kappa shape index (κ1) is 14.3. The molecule has 1 aromatic heterocycles.